The Hall–Kier alpha value is -2.42. The fourth-order valence-electron chi connectivity index (χ4n) is 2.66. The molecule has 1 N–H and O–H groups in total. The van der Waals surface area contributed by atoms with E-state index in [1.807, 2.05) is 56.3 Å². The summed E-state index contributed by atoms with van der Waals surface area (Å²) in [7, 11) is 0. The molecule has 3 nitrogen and oxygen atoms in total. The Bertz CT molecular complexity index is 717. The minimum absolute atomic E-state index is 0.0182. The maximum absolute atomic E-state index is 12.3. The number of Topliss-reactive ketones (excluding diaryl/α,β-unsaturated/α-hetero) is 1. The lowest BCUT2D eigenvalue weighted by Crippen LogP contribution is -2.14. The van der Waals surface area contributed by atoms with E-state index in [1.165, 1.54) is 5.56 Å². The van der Waals surface area contributed by atoms with E-state index in [0.29, 0.717) is 5.56 Å². The predicted octanol–water partition coefficient (Wildman–Crippen LogP) is 4.86. The number of rotatable bonds is 7. The monoisotopic (exact) mass is 323 g/mol. The average molecular weight is 323 g/mol. The number of carbonyl (C=O) groups is 2. The fraction of sp³-hybridized carbons (Fsp3) is 0.333. The van der Waals surface area contributed by atoms with Gasteiger partial charge >= 0.3 is 0 Å². The quantitative estimate of drug-likeness (QED) is 0.740. The highest BCUT2D eigenvalue weighted by molar-refractivity contribution is 6.01. The van der Waals surface area contributed by atoms with Crippen LogP contribution >= 0.6 is 0 Å². The molecule has 126 valence electrons. The topological polar surface area (TPSA) is 46.2 Å². The highest BCUT2D eigenvalue weighted by atomic mass is 16.2. The van der Waals surface area contributed by atoms with Crippen LogP contribution in [0.1, 0.15) is 53.2 Å². The molecule has 3 heteroatoms. The second-order valence-corrected chi connectivity index (χ2v) is 6.24. The number of hydrogen-bond acceptors (Lipinski definition) is 2. The van der Waals surface area contributed by atoms with E-state index in [9.17, 15) is 9.59 Å². The van der Waals surface area contributed by atoms with Crippen LogP contribution in [0.15, 0.2) is 42.5 Å². The van der Waals surface area contributed by atoms with Crippen LogP contribution in [-0.2, 0) is 11.2 Å². The molecule has 0 radical (unpaired) electrons. The maximum Gasteiger partial charge on any atom is 0.224 e. The van der Waals surface area contributed by atoms with Crippen molar-refractivity contribution in [3.8, 4) is 0 Å². The smallest absolute Gasteiger partial charge is 0.224 e. The molecular weight excluding hydrogens is 298 g/mol. The summed E-state index contributed by atoms with van der Waals surface area (Å²) in [5.41, 5.74) is 4.77. The third-order valence-corrected chi connectivity index (χ3v) is 4.05. The summed E-state index contributed by atoms with van der Waals surface area (Å²) in [6.45, 7) is 6.03. The van der Waals surface area contributed by atoms with Gasteiger partial charge in [-0.25, -0.2) is 0 Å². The van der Waals surface area contributed by atoms with Gasteiger partial charge in [0.15, 0.2) is 5.78 Å². The molecule has 24 heavy (non-hydrogen) atoms. The Kier molecular flexibility index (Phi) is 6.30. The van der Waals surface area contributed by atoms with Crippen molar-refractivity contribution in [1.82, 2.24) is 0 Å². The number of amides is 1. The van der Waals surface area contributed by atoms with Gasteiger partial charge in [-0.2, -0.15) is 0 Å². The molecule has 0 heterocycles. The van der Waals surface area contributed by atoms with Crippen molar-refractivity contribution in [1.29, 1.82) is 0 Å². The normalized spacial score (nSPS) is 10.5. The van der Waals surface area contributed by atoms with Gasteiger partial charge in [0.2, 0.25) is 5.91 Å². The van der Waals surface area contributed by atoms with Crippen LogP contribution in [0.3, 0.4) is 0 Å². The fourth-order valence-corrected chi connectivity index (χ4v) is 2.66. The Balaban J connectivity index is 1.88. The van der Waals surface area contributed by atoms with Crippen molar-refractivity contribution in [3.63, 3.8) is 0 Å². The van der Waals surface area contributed by atoms with E-state index in [1.54, 1.807) is 0 Å². The lowest BCUT2D eigenvalue weighted by Gasteiger charge is -2.08. The van der Waals surface area contributed by atoms with Crippen LogP contribution in [0.4, 0.5) is 5.69 Å². The molecule has 0 bridgehead atoms. The molecule has 0 saturated carbocycles. The predicted molar refractivity (Wildman–Crippen MR) is 98.5 cm³/mol. The molecule has 2 rings (SSSR count). The SMILES string of the molecule is CCCc1ccc(NC(=O)CCC(=O)c2cc(C)ccc2C)cc1. The first kappa shape index (κ1) is 17.9. The van der Waals surface area contributed by atoms with Gasteiger partial charge in [-0.05, 0) is 49.6 Å². The summed E-state index contributed by atoms with van der Waals surface area (Å²) in [5.74, 6) is -0.110. The van der Waals surface area contributed by atoms with E-state index < -0.39 is 0 Å². The number of anilines is 1. The molecule has 0 atom stereocenters. The summed E-state index contributed by atoms with van der Waals surface area (Å²) < 4.78 is 0. The molecular formula is C21H25NO2. The highest BCUT2D eigenvalue weighted by Crippen LogP contribution is 2.15. The van der Waals surface area contributed by atoms with E-state index >= 15 is 0 Å². The number of ketones is 1. The largest absolute Gasteiger partial charge is 0.326 e. The summed E-state index contributed by atoms with van der Waals surface area (Å²) >= 11 is 0. The Morgan fingerprint density at radius 3 is 2.33 bits per heavy atom. The lowest BCUT2D eigenvalue weighted by molar-refractivity contribution is -0.116. The van der Waals surface area contributed by atoms with Crippen molar-refractivity contribution in [2.24, 2.45) is 0 Å². The van der Waals surface area contributed by atoms with Gasteiger partial charge in [0.05, 0.1) is 0 Å². The van der Waals surface area contributed by atoms with Crippen LogP contribution in [0.2, 0.25) is 0 Å². The number of carbonyl (C=O) groups excluding carboxylic acids is 2. The van der Waals surface area contributed by atoms with E-state index in [-0.39, 0.29) is 24.5 Å². The molecule has 0 aliphatic heterocycles. The van der Waals surface area contributed by atoms with Crippen LogP contribution in [0, 0.1) is 13.8 Å². The van der Waals surface area contributed by atoms with Gasteiger partial charge in [-0.3, -0.25) is 9.59 Å². The zero-order chi connectivity index (χ0) is 17.5. The first-order valence-corrected chi connectivity index (χ1v) is 8.49. The van der Waals surface area contributed by atoms with Crippen LogP contribution in [-0.4, -0.2) is 11.7 Å². The highest BCUT2D eigenvalue weighted by Gasteiger charge is 2.12. The molecule has 0 aromatic heterocycles. The Morgan fingerprint density at radius 2 is 1.67 bits per heavy atom. The number of hydrogen-bond donors (Lipinski definition) is 1. The molecule has 2 aromatic rings. The van der Waals surface area contributed by atoms with Crippen molar-refractivity contribution in [3.05, 3.63) is 64.7 Å². The summed E-state index contributed by atoms with van der Waals surface area (Å²) in [5, 5.41) is 2.85. The zero-order valence-corrected chi connectivity index (χ0v) is 14.7. The number of benzene rings is 2. The Morgan fingerprint density at radius 1 is 0.958 bits per heavy atom. The first-order valence-electron chi connectivity index (χ1n) is 8.49. The van der Waals surface area contributed by atoms with Gasteiger partial charge in [0, 0.05) is 24.1 Å². The van der Waals surface area contributed by atoms with Gasteiger partial charge in [-0.15, -0.1) is 0 Å². The van der Waals surface area contributed by atoms with Gasteiger partial charge < -0.3 is 5.32 Å². The zero-order valence-electron chi connectivity index (χ0n) is 14.7. The van der Waals surface area contributed by atoms with Crippen LogP contribution in [0.25, 0.3) is 0 Å². The van der Waals surface area contributed by atoms with Crippen molar-refractivity contribution >= 4 is 17.4 Å². The summed E-state index contributed by atoms with van der Waals surface area (Å²) in [4.78, 5) is 24.4. The van der Waals surface area contributed by atoms with E-state index in [4.69, 9.17) is 0 Å². The number of aryl methyl sites for hydroxylation is 3. The van der Waals surface area contributed by atoms with Crippen molar-refractivity contribution in [2.45, 2.75) is 46.5 Å². The average Bonchev–Trinajstić information content (AvgIpc) is 2.57. The van der Waals surface area contributed by atoms with Crippen molar-refractivity contribution < 1.29 is 9.59 Å². The van der Waals surface area contributed by atoms with Gasteiger partial charge in [0.25, 0.3) is 0 Å². The van der Waals surface area contributed by atoms with E-state index in [2.05, 4.69) is 12.2 Å². The molecule has 0 aliphatic rings. The van der Waals surface area contributed by atoms with Gasteiger partial charge in [0.1, 0.15) is 0 Å². The van der Waals surface area contributed by atoms with Gasteiger partial charge in [-0.1, -0.05) is 43.2 Å². The van der Waals surface area contributed by atoms with E-state index in [0.717, 1.165) is 29.7 Å². The lowest BCUT2D eigenvalue weighted by atomic mass is 9.99. The Labute approximate surface area is 144 Å². The second kappa shape index (κ2) is 8.44. The molecule has 1 amide bonds. The van der Waals surface area contributed by atoms with Crippen LogP contribution < -0.4 is 5.32 Å². The first-order chi connectivity index (χ1) is 11.5. The third kappa shape index (κ3) is 5.05. The molecule has 0 aliphatic carbocycles. The molecule has 0 fully saturated rings. The third-order valence-electron chi connectivity index (χ3n) is 4.05. The molecule has 0 spiro atoms. The van der Waals surface area contributed by atoms with Crippen LogP contribution in [0.5, 0.6) is 0 Å². The second-order valence-electron chi connectivity index (χ2n) is 6.24. The molecule has 0 unspecified atom stereocenters. The summed E-state index contributed by atoms with van der Waals surface area (Å²) in [6.07, 6.45) is 2.57. The minimum Gasteiger partial charge on any atom is -0.326 e. The molecule has 0 saturated heterocycles. The summed E-state index contributed by atoms with van der Waals surface area (Å²) in [6, 6.07) is 13.7. The number of nitrogens with one attached hydrogen (secondary N) is 1. The standard InChI is InChI=1S/C21H25NO2/c1-4-5-17-8-10-18(11-9-17)22-21(24)13-12-20(23)19-14-15(2)6-7-16(19)3/h6-11,14H,4-5,12-13H2,1-3H3,(H,22,24). The molecule has 2 aromatic carbocycles. The van der Waals surface area contributed by atoms with Crippen molar-refractivity contribution in [2.75, 3.05) is 5.32 Å². The maximum atomic E-state index is 12.3. The minimum atomic E-state index is -0.128.